The molecule has 0 spiro atoms. The molecule has 1 aromatic carbocycles. The minimum absolute atomic E-state index is 0.117. The van der Waals surface area contributed by atoms with Crippen molar-refractivity contribution in [3.8, 4) is 0 Å². The average Bonchev–Trinajstić information content (AvgIpc) is 3.38. The fourth-order valence-electron chi connectivity index (χ4n) is 3.91. The number of carbonyl (C=O) groups is 3. The molecule has 0 aliphatic carbocycles. The van der Waals surface area contributed by atoms with E-state index in [1.165, 1.54) is 0 Å². The van der Waals surface area contributed by atoms with Crippen LogP contribution in [0.15, 0.2) is 18.2 Å². The van der Waals surface area contributed by atoms with Crippen molar-refractivity contribution in [1.29, 1.82) is 0 Å². The number of nitrogens with one attached hydrogen (secondary N) is 4. The van der Waals surface area contributed by atoms with Crippen molar-refractivity contribution in [3.63, 3.8) is 0 Å². The van der Waals surface area contributed by atoms with Gasteiger partial charge in [0.15, 0.2) is 5.69 Å². The number of anilines is 1. The summed E-state index contributed by atoms with van der Waals surface area (Å²) in [4.78, 5) is 45.1. The molecule has 0 radical (unpaired) electrons. The number of amides is 4. The van der Waals surface area contributed by atoms with Crippen molar-refractivity contribution in [2.24, 2.45) is 0 Å². The van der Waals surface area contributed by atoms with Gasteiger partial charge in [0.1, 0.15) is 0 Å². The van der Waals surface area contributed by atoms with Crippen LogP contribution in [0.2, 0.25) is 0 Å². The molecule has 2 aliphatic rings. The van der Waals surface area contributed by atoms with Crippen LogP contribution in [-0.4, -0.2) is 53.9 Å². The topological polar surface area (TPSA) is 111 Å². The summed E-state index contributed by atoms with van der Waals surface area (Å²) < 4.78 is 0. The molecular weight excluding hydrogens is 396 g/mol. The van der Waals surface area contributed by atoms with Crippen molar-refractivity contribution in [3.05, 3.63) is 57.7 Å². The third-order valence-electron chi connectivity index (χ3n) is 5.52. The van der Waals surface area contributed by atoms with Crippen LogP contribution in [0.4, 0.5) is 16.2 Å². The summed E-state index contributed by atoms with van der Waals surface area (Å²) in [6, 6.07) is 4.94. The standard InChI is InChI=1S/C22H22N6O3/c1-12-18(11-16-15-10-14(23-3)4-5-17(15)27-20(16)29)26-13(2)19(12)21(30)24-6-8-28-9-7-25-22(28)31/h4-5,10-11,26H,6-9H2,1-2H3,(H,24,30)(H,25,31)(H,27,29). The van der Waals surface area contributed by atoms with Gasteiger partial charge in [-0.3, -0.25) is 9.59 Å². The van der Waals surface area contributed by atoms with Gasteiger partial charge in [-0.05, 0) is 37.6 Å². The highest BCUT2D eigenvalue weighted by Gasteiger charge is 2.26. The first-order chi connectivity index (χ1) is 14.9. The number of fused-ring (bicyclic) bond motifs is 1. The van der Waals surface area contributed by atoms with E-state index in [0.29, 0.717) is 65.6 Å². The molecule has 0 bridgehead atoms. The lowest BCUT2D eigenvalue weighted by molar-refractivity contribution is -0.110. The second kappa shape index (κ2) is 7.99. The van der Waals surface area contributed by atoms with Crippen LogP contribution in [0.3, 0.4) is 0 Å². The van der Waals surface area contributed by atoms with Gasteiger partial charge in [-0.2, -0.15) is 0 Å². The molecular formula is C22H22N6O3. The first kappa shape index (κ1) is 20.2. The maximum absolute atomic E-state index is 12.8. The van der Waals surface area contributed by atoms with E-state index in [1.54, 1.807) is 36.1 Å². The smallest absolute Gasteiger partial charge is 0.317 e. The second-order valence-electron chi connectivity index (χ2n) is 7.49. The number of hydrogen-bond acceptors (Lipinski definition) is 3. The number of aryl methyl sites for hydroxylation is 1. The summed E-state index contributed by atoms with van der Waals surface area (Å²) in [6.07, 6.45) is 1.71. The first-order valence-corrected chi connectivity index (χ1v) is 9.94. The Morgan fingerprint density at radius 1 is 1.32 bits per heavy atom. The van der Waals surface area contributed by atoms with Crippen molar-refractivity contribution in [1.82, 2.24) is 20.5 Å². The fourth-order valence-corrected chi connectivity index (χ4v) is 3.91. The summed E-state index contributed by atoms with van der Waals surface area (Å²) in [5, 5.41) is 8.39. The Hall–Kier alpha value is -4.06. The third kappa shape index (κ3) is 3.75. The normalized spacial score (nSPS) is 16.2. The largest absolute Gasteiger partial charge is 0.358 e. The zero-order valence-electron chi connectivity index (χ0n) is 17.3. The van der Waals surface area contributed by atoms with Crippen LogP contribution < -0.4 is 16.0 Å². The molecule has 1 aromatic heterocycles. The monoisotopic (exact) mass is 418 g/mol. The van der Waals surface area contributed by atoms with Gasteiger partial charge in [-0.25, -0.2) is 9.64 Å². The van der Waals surface area contributed by atoms with Crippen LogP contribution in [0.5, 0.6) is 0 Å². The Kier molecular flexibility index (Phi) is 5.21. The number of aromatic nitrogens is 1. The van der Waals surface area contributed by atoms with Gasteiger partial charge in [0.25, 0.3) is 11.8 Å². The number of benzene rings is 1. The van der Waals surface area contributed by atoms with E-state index in [-0.39, 0.29) is 17.8 Å². The van der Waals surface area contributed by atoms with Gasteiger partial charge in [-0.15, -0.1) is 0 Å². The van der Waals surface area contributed by atoms with Crippen LogP contribution in [-0.2, 0) is 4.79 Å². The molecule has 158 valence electrons. The molecule has 0 saturated carbocycles. The number of carbonyl (C=O) groups excluding carboxylic acids is 3. The van der Waals surface area contributed by atoms with E-state index >= 15 is 0 Å². The highest BCUT2D eigenvalue weighted by Crippen LogP contribution is 2.36. The molecule has 4 N–H and O–H groups in total. The van der Waals surface area contributed by atoms with E-state index in [4.69, 9.17) is 6.57 Å². The molecule has 0 unspecified atom stereocenters. The van der Waals surface area contributed by atoms with Gasteiger partial charge in [0, 0.05) is 54.4 Å². The van der Waals surface area contributed by atoms with Crippen molar-refractivity contribution in [2.75, 3.05) is 31.5 Å². The van der Waals surface area contributed by atoms with E-state index in [2.05, 4.69) is 25.8 Å². The summed E-state index contributed by atoms with van der Waals surface area (Å²) in [6.45, 7) is 12.9. The highest BCUT2D eigenvalue weighted by atomic mass is 16.2. The number of H-pyrrole nitrogens is 1. The molecule has 9 nitrogen and oxygen atoms in total. The van der Waals surface area contributed by atoms with E-state index in [9.17, 15) is 14.4 Å². The number of hydrogen-bond donors (Lipinski definition) is 4. The minimum Gasteiger partial charge on any atom is -0.358 e. The number of nitrogens with zero attached hydrogens (tertiary/aromatic N) is 2. The van der Waals surface area contributed by atoms with E-state index in [1.807, 2.05) is 6.92 Å². The Morgan fingerprint density at radius 2 is 2.13 bits per heavy atom. The van der Waals surface area contributed by atoms with Gasteiger partial charge in [0.2, 0.25) is 0 Å². The number of urea groups is 1. The van der Waals surface area contributed by atoms with Crippen molar-refractivity contribution < 1.29 is 14.4 Å². The van der Waals surface area contributed by atoms with Gasteiger partial charge >= 0.3 is 6.03 Å². The molecule has 2 aliphatic heterocycles. The fraction of sp³-hybridized carbons (Fsp3) is 0.273. The summed E-state index contributed by atoms with van der Waals surface area (Å²) in [7, 11) is 0. The molecule has 1 saturated heterocycles. The zero-order valence-corrected chi connectivity index (χ0v) is 17.3. The Labute approximate surface area is 179 Å². The van der Waals surface area contributed by atoms with E-state index < -0.39 is 0 Å². The lowest BCUT2D eigenvalue weighted by Gasteiger charge is -2.14. The minimum atomic E-state index is -0.251. The van der Waals surface area contributed by atoms with Crippen LogP contribution >= 0.6 is 0 Å². The predicted octanol–water partition coefficient (Wildman–Crippen LogP) is 2.43. The van der Waals surface area contributed by atoms with Crippen molar-refractivity contribution in [2.45, 2.75) is 13.8 Å². The third-order valence-corrected chi connectivity index (χ3v) is 5.52. The Bertz CT molecular complexity index is 1170. The number of rotatable bonds is 5. The number of aromatic amines is 1. The summed E-state index contributed by atoms with van der Waals surface area (Å²) >= 11 is 0. The van der Waals surface area contributed by atoms with Gasteiger partial charge < -0.3 is 25.8 Å². The Morgan fingerprint density at radius 3 is 2.84 bits per heavy atom. The summed E-state index contributed by atoms with van der Waals surface area (Å²) in [5.74, 6) is -0.485. The molecule has 9 heteroatoms. The van der Waals surface area contributed by atoms with Crippen LogP contribution in [0.25, 0.3) is 16.5 Å². The molecule has 3 heterocycles. The van der Waals surface area contributed by atoms with E-state index in [0.717, 1.165) is 5.56 Å². The van der Waals surface area contributed by atoms with Gasteiger partial charge in [0.05, 0.1) is 12.1 Å². The zero-order chi connectivity index (χ0) is 22.1. The Balaban J connectivity index is 1.55. The average molecular weight is 418 g/mol. The highest BCUT2D eigenvalue weighted by molar-refractivity contribution is 6.35. The van der Waals surface area contributed by atoms with Crippen LogP contribution in [0.1, 0.15) is 32.9 Å². The molecule has 4 amide bonds. The molecule has 31 heavy (non-hydrogen) atoms. The van der Waals surface area contributed by atoms with Crippen LogP contribution in [0, 0.1) is 20.4 Å². The molecule has 2 aromatic rings. The molecule has 4 rings (SSSR count). The van der Waals surface area contributed by atoms with Gasteiger partial charge in [-0.1, -0.05) is 6.07 Å². The maximum Gasteiger partial charge on any atom is 0.317 e. The lowest BCUT2D eigenvalue weighted by Crippen LogP contribution is -2.37. The molecule has 1 fully saturated rings. The lowest BCUT2D eigenvalue weighted by atomic mass is 10.0. The second-order valence-corrected chi connectivity index (χ2v) is 7.49. The maximum atomic E-state index is 12.8. The quantitative estimate of drug-likeness (QED) is 0.442. The SMILES string of the molecule is [C-]#[N+]c1ccc2c(c1)C(=Cc1[nH]c(C)c(C(=O)NCCN3CCNC3=O)c1C)C(=O)N2. The van der Waals surface area contributed by atoms with Crippen molar-refractivity contribution >= 4 is 40.9 Å². The summed E-state index contributed by atoms with van der Waals surface area (Å²) in [5.41, 5.74) is 4.81. The molecule has 0 atom stereocenters. The predicted molar refractivity (Wildman–Crippen MR) is 117 cm³/mol. The first-order valence-electron chi connectivity index (χ1n) is 9.94.